The molecule has 5 rings (SSSR count). The van der Waals surface area contributed by atoms with E-state index < -0.39 is 23.7 Å². The Hall–Kier alpha value is -4.00. The number of carbonyl (C=O) groups excluding carboxylic acids is 2. The van der Waals surface area contributed by atoms with Crippen LogP contribution < -0.4 is 15.5 Å². The molecule has 7 heteroatoms. The lowest BCUT2D eigenvalue weighted by Crippen LogP contribution is -2.41. The first-order chi connectivity index (χ1) is 16.4. The van der Waals surface area contributed by atoms with Crippen LogP contribution in [0.5, 0.6) is 0 Å². The molecule has 2 amide bonds. The molecule has 2 unspecified atom stereocenters. The number of urea groups is 1. The highest BCUT2D eigenvalue weighted by Gasteiger charge is 2.41. The number of nitrogens with one attached hydrogen (secondary N) is 2. The van der Waals surface area contributed by atoms with E-state index >= 15 is 0 Å². The monoisotopic (exact) mass is 459 g/mol. The second kappa shape index (κ2) is 8.74. The van der Waals surface area contributed by atoms with Gasteiger partial charge in [0.1, 0.15) is 11.6 Å². The van der Waals surface area contributed by atoms with Gasteiger partial charge in [0.15, 0.2) is 5.78 Å². The van der Waals surface area contributed by atoms with Crippen molar-refractivity contribution in [3.8, 4) is 0 Å². The fraction of sp³-hybridized carbons (Fsp3) is 0.185. The number of carbonyl (C=O) groups is 2. The number of anilines is 3. The van der Waals surface area contributed by atoms with E-state index in [9.17, 15) is 18.4 Å². The van der Waals surface area contributed by atoms with Gasteiger partial charge in [-0.1, -0.05) is 37.3 Å². The Labute approximate surface area is 196 Å². The molecule has 0 saturated carbocycles. The van der Waals surface area contributed by atoms with Gasteiger partial charge in [-0.3, -0.25) is 9.69 Å². The molecular weight excluding hydrogens is 436 g/mol. The molecule has 0 aromatic heterocycles. The summed E-state index contributed by atoms with van der Waals surface area (Å²) in [6.45, 7) is 1.98. The minimum absolute atomic E-state index is 0.0977. The van der Waals surface area contributed by atoms with Crippen molar-refractivity contribution >= 4 is 28.9 Å². The number of hydrogen-bond acceptors (Lipinski definition) is 3. The lowest BCUT2D eigenvalue weighted by atomic mass is 9.81. The van der Waals surface area contributed by atoms with Crippen molar-refractivity contribution in [1.29, 1.82) is 0 Å². The molecule has 0 radical (unpaired) electrons. The Morgan fingerprint density at radius 1 is 0.971 bits per heavy atom. The van der Waals surface area contributed by atoms with E-state index in [1.54, 1.807) is 36.4 Å². The molecule has 1 aliphatic carbocycles. The molecule has 2 aliphatic rings. The van der Waals surface area contributed by atoms with Crippen molar-refractivity contribution in [2.45, 2.75) is 25.8 Å². The molecule has 0 bridgehead atoms. The average molecular weight is 459 g/mol. The molecular formula is C27H23F2N3O2. The Bertz CT molecular complexity index is 1290. The summed E-state index contributed by atoms with van der Waals surface area (Å²) in [5, 5.41) is 6.22. The molecule has 34 heavy (non-hydrogen) atoms. The minimum atomic E-state index is -1.01. The summed E-state index contributed by atoms with van der Waals surface area (Å²) in [6, 6.07) is 17.7. The van der Waals surface area contributed by atoms with Crippen LogP contribution in [-0.2, 0) is 4.79 Å². The smallest absolute Gasteiger partial charge is 0.327 e. The molecule has 0 saturated heterocycles. The van der Waals surface area contributed by atoms with E-state index in [4.69, 9.17) is 0 Å². The number of nitrogens with zero attached hydrogens (tertiary/aromatic N) is 1. The molecule has 2 N–H and O–H groups in total. The topological polar surface area (TPSA) is 61.4 Å². The number of fused-ring (bicyclic) bond motifs is 1. The van der Waals surface area contributed by atoms with Crippen LogP contribution in [0.3, 0.4) is 0 Å². The van der Waals surface area contributed by atoms with E-state index in [0.29, 0.717) is 41.2 Å². The van der Waals surface area contributed by atoms with Crippen LogP contribution >= 0.6 is 0 Å². The molecule has 3 aromatic rings. The van der Waals surface area contributed by atoms with Gasteiger partial charge in [0.25, 0.3) is 0 Å². The summed E-state index contributed by atoms with van der Waals surface area (Å²) in [4.78, 5) is 28.5. The van der Waals surface area contributed by atoms with E-state index in [-0.39, 0.29) is 17.3 Å². The fourth-order valence-corrected chi connectivity index (χ4v) is 4.76. The first-order valence-electron chi connectivity index (χ1n) is 11.1. The maximum atomic E-state index is 14.4. The predicted molar refractivity (Wildman–Crippen MR) is 128 cm³/mol. The summed E-state index contributed by atoms with van der Waals surface area (Å²) in [5.74, 6) is -1.60. The summed E-state index contributed by atoms with van der Waals surface area (Å²) in [5.41, 5.74) is 2.90. The Balaban J connectivity index is 1.74. The van der Waals surface area contributed by atoms with Gasteiger partial charge < -0.3 is 10.6 Å². The van der Waals surface area contributed by atoms with Crippen LogP contribution in [0.15, 0.2) is 84.1 Å². The van der Waals surface area contributed by atoms with Crippen LogP contribution in [0.4, 0.5) is 30.6 Å². The number of benzene rings is 3. The maximum Gasteiger partial charge on any atom is 0.327 e. The van der Waals surface area contributed by atoms with E-state index in [0.717, 1.165) is 6.07 Å². The van der Waals surface area contributed by atoms with Crippen LogP contribution in [0, 0.1) is 17.6 Å². The zero-order chi connectivity index (χ0) is 23.8. The summed E-state index contributed by atoms with van der Waals surface area (Å²) in [7, 11) is 0. The van der Waals surface area contributed by atoms with Crippen molar-refractivity contribution in [3.05, 3.63) is 101 Å². The third-order valence-corrected chi connectivity index (χ3v) is 6.14. The third-order valence-electron chi connectivity index (χ3n) is 6.14. The van der Waals surface area contributed by atoms with Gasteiger partial charge in [-0.25, -0.2) is 13.6 Å². The molecule has 0 spiro atoms. The summed E-state index contributed by atoms with van der Waals surface area (Å²) >= 11 is 0. The molecule has 3 aromatic carbocycles. The number of amides is 2. The average Bonchev–Trinajstić information content (AvgIpc) is 2.93. The molecule has 1 aliphatic heterocycles. The zero-order valence-corrected chi connectivity index (χ0v) is 18.5. The quantitative estimate of drug-likeness (QED) is 0.465. The molecule has 1 heterocycles. The van der Waals surface area contributed by atoms with Gasteiger partial charge >= 0.3 is 6.03 Å². The molecule has 2 atom stereocenters. The van der Waals surface area contributed by atoms with Crippen LogP contribution in [0.1, 0.15) is 31.4 Å². The molecule has 0 fully saturated rings. The number of Topliss-reactive ketones (excluding diaryl/α,β-unsaturated/α-hetero) is 1. The normalized spacial score (nSPS) is 19.6. The number of hydrogen-bond donors (Lipinski definition) is 2. The van der Waals surface area contributed by atoms with Gasteiger partial charge in [-0.05, 0) is 54.3 Å². The Morgan fingerprint density at radius 3 is 2.38 bits per heavy atom. The van der Waals surface area contributed by atoms with E-state index in [2.05, 4.69) is 10.6 Å². The van der Waals surface area contributed by atoms with Crippen LogP contribution in [0.2, 0.25) is 0 Å². The van der Waals surface area contributed by atoms with Gasteiger partial charge in [-0.15, -0.1) is 0 Å². The standard InChI is InChI=1S/C27H23F2N3O2/c1-16-11-22-25(24(33)12-16)26(17-13-18(28)15-19(29)14-17)32(23-10-6-5-9-21(23)31-22)27(34)30-20-7-3-2-4-8-20/h2-10,13-16,26,31H,11-12H2,1H3,(H,30,34). The second-order valence-corrected chi connectivity index (χ2v) is 8.74. The van der Waals surface area contributed by atoms with Gasteiger partial charge in [-0.2, -0.15) is 0 Å². The van der Waals surface area contributed by atoms with E-state index in [1.165, 1.54) is 17.0 Å². The minimum Gasteiger partial charge on any atom is -0.357 e. The second-order valence-electron chi connectivity index (χ2n) is 8.74. The highest BCUT2D eigenvalue weighted by molar-refractivity contribution is 6.09. The first kappa shape index (κ1) is 21.8. The Morgan fingerprint density at radius 2 is 1.65 bits per heavy atom. The Kier molecular flexibility index (Phi) is 5.61. The van der Waals surface area contributed by atoms with Crippen molar-refractivity contribution in [3.63, 3.8) is 0 Å². The lowest BCUT2D eigenvalue weighted by molar-refractivity contribution is -0.117. The predicted octanol–water partition coefficient (Wildman–Crippen LogP) is 6.42. The van der Waals surface area contributed by atoms with Crippen LogP contribution in [-0.4, -0.2) is 11.8 Å². The highest BCUT2D eigenvalue weighted by atomic mass is 19.1. The van der Waals surface area contributed by atoms with Gasteiger partial charge in [0.2, 0.25) is 0 Å². The molecule has 5 nitrogen and oxygen atoms in total. The van der Waals surface area contributed by atoms with Crippen molar-refractivity contribution < 1.29 is 18.4 Å². The van der Waals surface area contributed by atoms with Crippen molar-refractivity contribution in [1.82, 2.24) is 0 Å². The SMILES string of the molecule is CC1CC(=O)C2=C(C1)Nc1ccccc1N(C(=O)Nc1ccccc1)C2c1cc(F)cc(F)c1. The fourth-order valence-electron chi connectivity index (χ4n) is 4.76. The number of para-hydroxylation sites is 3. The lowest BCUT2D eigenvalue weighted by Gasteiger charge is -2.34. The largest absolute Gasteiger partial charge is 0.357 e. The number of allylic oxidation sites excluding steroid dienone is 1. The highest BCUT2D eigenvalue weighted by Crippen LogP contribution is 2.46. The summed E-state index contributed by atoms with van der Waals surface area (Å²) in [6.07, 6.45) is 0.872. The van der Waals surface area contributed by atoms with Crippen LogP contribution in [0.25, 0.3) is 0 Å². The maximum absolute atomic E-state index is 14.4. The number of rotatable bonds is 2. The number of ketones is 1. The van der Waals surface area contributed by atoms with Crippen molar-refractivity contribution in [2.24, 2.45) is 5.92 Å². The molecule has 172 valence electrons. The van der Waals surface area contributed by atoms with E-state index in [1.807, 2.05) is 25.1 Å². The zero-order valence-electron chi connectivity index (χ0n) is 18.5. The third kappa shape index (κ3) is 4.05. The first-order valence-corrected chi connectivity index (χ1v) is 11.1. The van der Waals surface area contributed by atoms with Crippen molar-refractivity contribution in [2.75, 3.05) is 15.5 Å². The summed E-state index contributed by atoms with van der Waals surface area (Å²) < 4.78 is 28.7. The number of halogens is 2. The van der Waals surface area contributed by atoms with Gasteiger partial charge in [0, 0.05) is 29.4 Å². The van der Waals surface area contributed by atoms with Gasteiger partial charge in [0.05, 0.1) is 17.4 Å².